The summed E-state index contributed by atoms with van der Waals surface area (Å²) in [6.07, 6.45) is 80.6. The van der Waals surface area contributed by atoms with Gasteiger partial charge in [0, 0.05) is 12.8 Å². The Labute approximate surface area is 493 Å². The number of nitrogens with one attached hydrogen (secondary N) is 1. The number of nitrogens with zero attached hydrogens (tertiary/aromatic N) is 1. The molecule has 1 N–H and O–H groups in total. The van der Waals surface area contributed by atoms with E-state index in [1.165, 1.54) is 103 Å². The number of ether oxygens (including phenoxy) is 1. The van der Waals surface area contributed by atoms with Crippen molar-refractivity contribution in [3.63, 3.8) is 0 Å². The van der Waals surface area contributed by atoms with E-state index in [-0.39, 0.29) is 24.9 Å². The normalized spacial score (nSPS) is 14.3. The Morgan fingerprint density at radius 3 is 1.20 bits per heavy atom. The topological polar surface area (TPSA) is 114 Å². The van der Waals surface area contributed by atoms with Crippen molar-refractivity contribution in [2.75, 3.05) is 40.9 Å². The molecule has 0 fully saturated rings. The SMILES string of the molecule is CC/C=C\C/C=C\C/C=C\C/C=C\C/C=C\CCCCCCCCCCCCCC(=O)NC(COP(=O)([O-])OCC[N+](C)(C)C)C(/C=C\CCCCCCCCCCCCC)OC(=O)CCCCCC/C=C/C/C=C/C/C=C/CC. The molecule has 0 radical (unpaired) electrons. The molecule has 80 heavy (non-hydrogen) atoms. The zero-order valence-corrected chi connectivity index (χ0v) is 53.4. The molecule has 3 unspecified atom stereocenters. The summed E-state index contributed by atoms with van der Waals surface area (Å²) in [6.45, 7) is 6.60. The number of allylic oxidation sites excluding steroid dienone is 17. The average molecular weight is 1140 g/mol. The van der Waals surface area contributed by atoms with Crippen LogP contribution in [-0.4, -0.2) is 69.4 Å². The summed E-state index contributed by atoms with van der Waals surface area (Å²) in [4.78, 5) is 40.0. The molecule has 10 heteroatoms. The first-order valence-corrected chi connectivity index (χ1v) is 34.2. The highest BCUT2D eigenvalue weighted by Crippen LogP contribution is 2.38. The third-order valence-corrected chi connectivity index (χ3v) is 14.9. The fraction of sp³-hybridized carbons (Fsp3) is 0.714. The van der Waals surface area contributed by atoms with Crippen LogP contribution < -0.4 is 10.2 Å². The van der Waals surface area contributed by atoms with Crippen molar-refractivity contribution < 1.29 is 37.3 Å². The maximum Gasteiger partial charge on any atom is 0.306 e. The lowest BCUT2D eigenvalue weighted by Gasteiger charge is -2.30. The van der Waals surface area contributed by atoms with Gasteiger partial charge in [-0.3, -0.25) is 14.2 Å². The van der Waals surface area contributed by atoms with E-state index in [0.29, 0.717) is 23.9 Å². The van der Waals surface area contributed by atoms with E-state index in [1.807, 2.05) is 33.3 Å². The second-order valence-electron chi connectivity index (χ2n) is 22.9. The molecule has 0 aliphatic rings. The van der Waals surface area contributed by atoms with Crippen molar-refractivity contribution in [2.24, 2.45) is 0 Å². The highest BCUT2D eigenvalue weighted by atomic mass is 31.2. The highest BCUT2D eigenvalue weighted by Gasteiger charge is 2.27. The first-order chi connectivity index (χ1) is 38.9. The molecular formula is C70H123N2O7P. The largest absolute Gasteiger partial charge is 0.756 e. The molecule has 0 spiro atoms. The van der Waals surface area contributed by atoms with Crippen molar-refractivity contribution in [2.45, 2.75) is 283 Å². The van der Waals surface area contributed by atoms with Crippen LogP contribution in [0.1, 0.15) is 271 Å². The Bertz CT molecular complexity index is 1740. The number of hydrogen-bond acceptors (Lipinski definition) is 7. The number of unbranched alkanes of at least 4 members (excludes halogenated alkanes) is 26. The van der Waals surface area contributed by atoms with E-state index in [0.717, 1.165) is 128 Å². The van der Waals surface area contributed by atoms with E-state index in [9.17, 15) is 19.0 Å². The first kappa shape index (κ1) is 76.7. The minimum atomic E-state index is -4.71. The van der Waals surface area contributed by atoms with Gasteiger partial charge in [0.1, 0.15) is 19.3 Å². The second-order valence-corrected chi connectivity index (χ2v) is 24.3. The van der Waals surface area contributed by atoms with Gasteiger partial charge in [0.2, 0.25) is 5.91 Å². The number of phosphoric ester groups is 1. The lowest BCUT2D eigenvalue weighted by atomic mass is 10.0. The lowest BCUT2D eigenvalue weighted by molar-refractivity contribution is -0.870. The van der Waals surface area contributed by atoms with Gasteiger partial charge >= 0.3 is 5.97 Å². The Hall–Kier alpha value is -3.33. The average Bonchev–Trinajstić information content (AvgIpc) is 3.42. The van der Waals surface area contributed by atoms with Crippen molar-refractivity contribution in [1.29, 1.82) is 0 Å². The quantitative estimate of drug-likeness (QED) is 0.0212. The molecule has 0 aromatic heterocycles. The molecule has 0 aromatic carbocycles. The predicted octanol–water partition coefficient (Wildman–Crippen LogP) is 19.9. The third kappa shape index (κ3) is 59.3. The van der Waals surface area contributed by atoms with Crippen LogP contribution >= 0.6 is 7.82 Å². The van der Waals surface area contributed by atoms with Crippen LogP contribution in [0.4, 0.5) is 0 Å². The molecule has 0 aromatic rings. The zero-order chi connectivity index (χ0) is 58.6. The number of quaternary nitrogens is 1. The molecule has 0 saturated heterocycles. The van der Waals surface area contributed by atoms with Gasteiger partial charge in [-0.2, -0.15) is 0 Å². The van der Waals surface area contributed by atoms with Gasteiger partial charge in [-0.05, 0) is 109 Å². The standard InChI is InChI=1S/C70H123N2O7P/c1-7-10-13-16-19-22-25-28-30-31-32-33-34-35-36-37-38-39-40-41-42-44-47-50-53-56-59-62-69(73)71-67(66-78-80(75,76)77-65-64-72(4,5)6)68(61-58-55-52-49-46-43-27-24-21-18-15-12-9-3)79-70(74)63-60-57-54-51-48-45-29-26-23-20-17-14-11-8-2/h10-11,13-14,19-20,22-23,28-30,32-33,35-36,45,58,61,67-68H,7-9,12,15-18,21,24-27,31,34,37-44,46-57,59-60,62-66H2,1-6H3,(H-,71,73,75,76)/b13-10-,14-11+,22-19-,23-20+,30-28-,33-32-,36-35-,45-29+,61-58-. The summed E-state index contributed by atoms with van der Waals surface area (Å²) in [5.41, 5.74) is 0. The molecular weight excluding hydrogens is 1010 g/mol. The summed E-state index contributed by atoms with van der Waals surface area (Å²) in [5.74, 6) is -0.573. The summed E-state index contributed by atoms with van der Waals surface area (Å²) >= 11 is 0. The van der Waals surface area contributed by atoms with Gasteiger partial charge in [0.05, 0.1) is 33.8 Å². The van der Waals surface area contributed by atoms with Gasteiger partial charge in [-0.25, -0.2) is 0 Å². The van der Waals surface area contributed by atoms with Crippen LogP contribution in [-0.2, 0) is 27.9 Å². The van der Waals surface area contributed by atoms with Crippen LogP contribution in [0.25, 0.3) is 0 Å². The number of phosphoric acid groups is 1. The fourth-order valence-corrected chi connectivity index (χ4v) is 9.70. The van der Waals surface area contributed by atoms with Crippen LogP contribution in [0.5, 0.6) is 0 Å². The van der Waals surface area contributed by atoms with Gasteiger partial charge in [0.15, 0.2) is 0 Å². The molecule has 460 valence electrons. The first-order valence-electron chi connectivity index (χ1n) is 32.7. The summed E-state index contributed by atoms with van der Waals surface area (Å²) < 4.78 is 30.3. The number of amides is 1. The summed E-state index contributed by atoms with van der Waals surface area (Å²) in [6, 6.07) is -0.906. The molecule has 0 bridgehead atoms. The van der Waals surface area contributed by atoms with E-state index in [1.54, 1.807) is 0 Å². The number of likely N-dealkylation sites (N-methyl/N-ethyl adjacent to an activating group) is 1. The molecule has 1 amide bonds. The molecule has 3 atom stereocenters. The molecule has 0 saturated carbocycles. The molecule has 0 aliphatic carbocycles. The minimum Gasteiger partial charge on any atom is -0.756 e. The maximum absolute atomic E-state index is 13.6. The third-order valence-electron chi connectivity index (χ3n) is 13.9. The predicted molar refractivity (Wildman–Crippen MR) is 344 cm³/mol. The summed E-state index contributed by atoms with van der Waals surface area (Å²) in [7, 11) is 1.16. The Morgan fingerprint density at radius 1 is 0.450 bits per heavy atom. The van der Waals surface area contributed by atoms with Crippen LogP contribution in [0.2, 0.25) is 0 Å². The smallest absolute Gasteiger partial charge is 0.306 e. The number of carbonyl (C=O) groups is 2. The number of esters is 1. The van der Waals surface area contributed by atoms with Crippen LogP contribution in [0.3, 0.4) is 0 Å². The van der Waals surface area contributed by atoms with Crippen molar-refractivity contribution >= 4 is 19.7 Å². The zero-order valence-electron chi connectivity index (χ0n) is 52.5. The van der Waals surface area contributed by atoms with E-state index in [4.69, 9.17) is 13.8 Å². The maximum atomic E-state index is 13.6. The summed E-state index contributed by atoms with van der Waals surface area (Å²) in [5, 5.41) is 3.03. The van der Waals surface area contributed by atoms with E-state index >= 15 is 0 Å². The van der Waals surface area contributed by atoms with Crippen molar-refractivity contribution in [3.05, 3.63) is 109 Å². The molecule has 9 nitrogen and oxygen atoms in total. The molecule has 0 aliphatic heterocycles. The van der Waals surface area contributed by atoms with E-state index < -0.39 is 26.6 Å². The van der Waals surface area contributed by atoms with E-state index in [2.05, 4.69) is 123 Å². The monoisotopic (exact) mass is 1130 g/mol. The minimum absolute atomic E-state index is 0.0314. The molecule has 0 heterocycles. The van der Waals surface area contributed by atoms with Gasteiger partial charge in [-0.15, -0.1) is 0 Å². The van der Waals surface area contributed by atoms with Crippen molar-refractivity contribution in [3.8, 4) is 0 Å². The van der Waals surface area contributed by atoms with Crippen LogP contribution in [0, 0.1) is 0 Å². The number of rotatable bonds is 58. The van der Waals surface area contributed by atoms with Crippen molar-refractivity contribution in [1.82, 2.24) is 5.32 Å². The number of hydrogen-bond donors (Lipinski definition) is 1. The lowest BCUT2D eigenvalue weighted by Crippen LogP contribution is -2.47. The second kappa shape index (κ2) is 58.9. The molecule has 0 rings (SSSR count). The van der Waals surface area contributed by atoms with Gasteiger partial charge in [-0.1, -0.05) is 259 Å². The Balaban J connectivity index is 5.13. The van der Waals surface area contributed by atoms with Crippen LogP contribution in [0.15, 0.2) is 109 Å². The fourth-order valence-electron chi connectivity index (χ4n) is 8.97. The van der Waals surface area contributed by atoms with Gasteiger partial charge in [0.25, 0.3) is 7.82 Å². The van der Waals surface area contributed by atoms with Gasteiger partial charge < -0.3 is 28.5 Å². The number of carbonyl (C=O) groups excluding carboxylic acids is 2. The Morgan fingerprint density at radius 2 is 0.800 bits per heavy atom. The highest BCUT2D eigenvalue weighted by molar-refractivity contribution is 7.45. The Kier molecular flexibility index (Phi) is 56.4.